The predicted octanol–water partition coefficient (Wildman–Crippen LogP) is 2.07. The minimum absolute atomic E-state index is 0.269. The van der Waals surface area contributed by atoms with Gasteiger partial charge in [0.05, 0.1) is 12.8 Å². The molecular formula is C12H18N2O4S2. The molecule has 2 rings (SSSR count). The van der Waals surface area contributed by atoms with Gasteiger partial charge in [-0.15, -0.1) is 11.3 Å². The maximum atomic E-state index is 12.3. The van der Waals surface area contributed by atoms with Gasteiger partial charge in [-0.25, -0.2) is 4.79 Å². The van der Waals surface area contributed by atoms with Crippen LogP contribution in [-0.2, 0) is 14.9 Å². The summed E-state index contributed by atoms with van der Waals surface area (Å²) in [6.07, 6.45) is 3.85. The lowest BCUT2D eigenvalue weighted by atomic mass is 10.2. The van der Waals surface area contributed by atoms with Crippen LogP contribution < -0.4 is 4.72 Å². The second-order valence-corrected chi connectivity index (χ2v) is 7.16. The van der Waals surface area contributed by atoms with Gasteiger partial charge < -0.3 is 4.74 Å². The van der Waals surface area contributed by atoms with Crippen LogP contribution in [0.4, 0.5) is 5.69 Å². The SMILES string of the molecule is COC(=O)c1sccc1NS(=O)(=O)N1CCCCCC1. The zero-order chi connectivity index (χ0) is 14.6. The van der Waals surface area contributed by atoms with Crippen molar-refractivity contribution in [1.82, 2.24) is 4.31 Å². The number of hydrogen-bond donors (Lipinski definition) is 1. The van der Waals surface area contributed by atoms with Gasteiger partial charge in [0.1, 0.15) is 4.88 Å². The highest BCUT2D eigenvalue weighted by Crippen LogP contribution is 2.25. The zero-order valence-electron chi connectivity index (χ0n) is 11.3. The smallest absolute Gasteiger partial charge is 0.350 e. The molecule has 0 saturated carbocycles. The fourth-order valence-electron chi connectivity index (χ4n) is 2.13. The van der Waals surface area contributed by atoms with E-state index in [1.807, 2.05) is 0 Å². The van der Waals surface area contributed by atoms with E-state index in [0.29, 0.717) is 13.1 Å². The van der Waals surface area contributed by atoms with Crippen molar-refractivity contribution in [2.24, 2.45) is 0 Å². The number of rotatable bonds is 4. The lowest BCUT2D eigenvalue weighted by molar-refractivity contribution is 0.0607. The van der Waals surface area contributed by atoms with Crippen molar-refractivity contribution in [3.63, 3.8) is 0 Å². The maximum absolute atomic E-state index is 12.3. The Balaban J connectivity index is 2.15. The van der Waals surface area contributed by atoms with Crippen molar-refractivity contribution in [2.45, 2.75) is 25.7 Å². The van der Waals surface area contributed by atoms with E-state index in [0.717, 1.165) is 37.0 Å². The van der Waals surface area contributed by atoms with E-state index in [9.17, 15) is 13.2 Å². The molecule has 0 amide bonds. The molecular weight excluding hydrogens is 300 g/mol. The van der Waals surface area contributed by atoms with Gasteiger partial charge in [0, 0.05) is 13.1 Å². The molecule has 20 heavy (non-hydrogen) atoms. The average molecular weight is 318 g/mol. The summed E-state index contributed by atoms with van der Waals surface area (Å²) in [5, 5.41) is 1.66. The quantitative estimate of drug-likeness (QED) is 0.862. The van der Waals surface area contributed by atoms with E-state index in [4.69, 9.17) is 0 Å². The third-order valence-electron chi connectivity index (χ3n) is 3.18. The van der Waals surface area contributed by atoms with E-state index in [1.54, 1.807) is 11.4 Å². The molecule has 1 aliphatic heterocycles. The molecule has 1 aromatic heterocycles. The number of hydrogen-bond acceptors (Lipinski definition) is 5. The molecule has 112 valence electrons. The van der Waals surface area contributed by atoms with Crippen molar-refractivity contribution < 1.29 is 17.9 Å². The van der Waals surface area contributed by atoms with Crippen LogP contribution in [0.1, 0.15) is 35.4 Å². The van der Waals surface area contributed by atoms with Gasteiger partial charge in [-0.05, 0) is 24.3 Å². The Kier molecular flexibility index (Phi) is 5.00. The molecule has 8 heteroatoms. The standard InChI is InChI=1S/C12H18N2O4S2/c1-18-12(15)11-10(6-9-19-11)13-20(16,17)14-7-4-2-3-5-8-14/h6,9,13H,2-5,7-8H2,1H3. The number of methoxy groups -OCH3 is 1. The first kappa shape index (κ1) is 15.3. The molecule has 1 aromatic rings. The molecule has 1 fully saturated rings. The molecule has 1 saturated heterocycles. The summed E-state index contributed by atoms with van der Waals surface area (Å²) in [5.41, 5.74) is 0.283. The van der Waals surface area contributed by atoms with Crippen LogP contribution in [0, 0.1) is 0 Å². The van der Waals surface area contributed by atoms with Crippen molar-refractivity contribution in [1.29, 1.82) is 0 Å². The Morgan fingerprint density at radius 2 is 1.95 bits per heavy atom. The number of ether oxygens (including phenoxy) is 1. The Hall–Kier alpha value is -1.12. The Bertz CT molecular complexity index is 560. The van der Waals surface area contributed by atoms with Gasteiger partial charge in [0.25, 0.3) is 0 Å². The van der Waals surface area contributed by atoms with Crippen LogP contribution in [0.25, 0.3) is 0 Å². The first-order chi connectivity index (χ1) is 9.54. The largest absolute Gasteiger partial charge is 0.465 e. The third-order valence-corrected chi connectivity index (χ3v) is 5.60. The molecule has 0 atom stereocenters. The summed E-state index contributed by atoms with van der Waals surface area (Å²) >= 11 is 1.15. The molecule has 0 bridgehead atoms. The molecule has 2 heterocycles. The second-order valence-electron chi connectivity index (χ2n) is 4.58. The van der Waals surface area contributed by atoms with Crippen LogP contribution in [0.5, 0.6) is 0 Å². The molecule has 0 aromatic carbocycles. The maximum Gasteiger partial charge on any atom is 0.350 e. The third kappa shape index (κ3) is 3.50. The lowest BCUT2D eigenvalue weighted by Crippen LogP contribution is -2.36. The highest BCUT2D eigenvalue weighted by Gasteiger charge is 2.25. The molecule has 1 N–H and O–H groups in total. The summed E-state index contributed by atoms with van der Waals surface area (Å²) in [5.74, 6) is -0.534. The number of anilines is 1. The number of carbonyl (C=O) groups is 1. The average Bonchev–Trinajstić information content (AvgIpc) is 2.69. The van der Waals surface area contributed by atoms with E-state index < -0.39 is 16.2 Å². The minimum Gasteiger partial charge on any atom is -0.465 e. The van der Waals surface area contributed by atoms with E-state index in [-0.39, 0.29) is 10.6 Å². The summed E-state index contributed by atoms with van der Waals surface area (Å²) in [4.78, 5) is 11.8. The Labute approximate surface area is 122 Å². The van der Waals surface area contributed by atoms with Gasteiger partial charge in [0.15, 0.2) is 0 Å². The van der Waals surface area contributed by atoms with Crippen LogP contribution in [0.3, 0.4) is 0 Å². The van der Waals surface area contributed by atoms with Crippen LogP contribution in [-0.4, -0.2) is 38.9 Å². The van der Waals surface area contributed by atoms with Gasteiger partial charge in [-0.1, -0.05) is 12.8 Å². The minimum atomic E-state index is -3.61. The first-order valence-electron chi connectivity index (χ1n) is 6.48. The van der Waals surface area contributed by atoms with Crippen molar-refractivity contribution in [2.75, 3.05) is 24.9 Å². The number of nitrogens with zero attached hydrogens (tertiary/aromatic N) is 1. The van der Waals surface area contributed by atoms with Crippen LogP contribution in [0.2, 0.25) is 0 Å². The summed E-state index contributed by atoms with van der Waals surface area (Å²) in [7, 11) is -2.34. The van der Waals surface area contributed by atoms with Gasteiger partial charge >= 0.3 is 16.2 Å². The highest BCUT2D eigenvalue weighted by atomic mass is 32.2. The van der Waals surface area contributed by atoms with Crippen molar-refractivity contribution >= 4 is 33.2 Å². The molecule has 1 aliphatic rings. The summed E-state index contributed by atoms with van der Waals surface area (Å²) < 4.78 is 33.2. The van der Waals surface area contributed by atoms with Crippen LogP contribution in [0.15, 0.2) is 11.4 Å². The Morgan fingerprint density at radius 3 is 2.55 bits per heavy atom. The number of nitrogens with one attached hydrogen (secondary N) is 1. The van der Waals surface area contributed by atoms with Gasteiger partial charge in [-0.3, -0.25) is 4.72 Å². The first-order valence-corrected chi connectivity index (χ1v) is 8.80. The number of carbonyl (C=O) groups excluding carboxylic acids is 1. The molecule has 0 unspecified atom stereocenters. The summed E-state index contributed by atoms with van der Waals surface area (Å²) in [6.45, 7) is 1.04. The lowest BCUT2D eigenvalue weighted by Gasteiger charge is -2.20. The van der Waals surface area contributed by atoms with Gasteiger partial charge in [0.2, 0.25) is 0 Å². The van der Waals surface area contributed by atoms with Crippen molar-refractivity contribution in [3.8, 4) is 0 Å². The topological polar surface area (TPSA) is 75.7 Å². The fraction of sp³-hybridized carbons (Fsp3) is 0.583. The zero-order valence-corrected chi connectivity index (χ0v) is 12.9. The normalized spacial score (nSPS) is 17.4. The van der Waals surface area contributed by atoms with Crippen LogP contribution >= 0.6 is 11.3 Å². The van der Waals surface area contributed by atoms with E-state index in [2.05, 4.69) is 9.46 Å². The monoisotopic (exact) mass is 318 g/mol. The molecule has 0 aliphatic carbocycles. The number of esters is 1. The van der Waals surface area contributed by atoms with E-state index >= 15 is 0 Å². The van der Waals surface area contributed by atoms with E-state index in [1.165, 1.54) is 11.4 Å². The molecule has 0 spiro atoms. The molecule has 0 radical (unpaired) electrons. The number of thiophene rings is 1. The second kappa shape index (κ2) is 6.55. The summed E-state index contributed by atoms with van der Waals surface area (Å²) in [6, 6.07) is 1.58. The highest BCUT2D eigenvalue weighted by molar-refractivity contribution is 7.90. The fourth-order valence-corrected chi connectivity index (χ4v) is 4.27. The molecule has 6 nitrogen and oxygen atoms in total. The predicted molar refractivity (Wildman–Crippen MR) is 78.2 cm³/mol. The van der Waals surface area contributed by atoms with Crippen molar-refractivity contribution in [3.05, 3.63) is 16.3 Å². The van der Waals surface area contributed by atoms with Gasteiger partial charge in [-0.2, -0.15) is 12.7 Å². The Morgan fingerprint density at radius 1 is 1.30 bits per heavy atom.